The van der Waals surface area contributed by atoms with Crippen molar-refractivity contribution < 1.29 is 9.59 Å². The maximum absolute atomic E-state index is 12.8. The molecule has 0 saturated carbocycles. The Morgan fingerprint density at radius 2 is 2.08 bits per heavy atom. The van der Waals surface area contributed by atoms with E-state index in [0.29, 0.717) is 31.6 Å². The number of rotatable bonds is 3. The second-order valence-electron chi connectivity index (χ2n) is 6.26. The van der Waals surface area contributed by atoms with E-state index in [1.54, 1.807) is 13.2 Å². The highest BCUT2D eigenvalue weighted by Crippen LogP contribution is 2.24. The van der Waals surface area contributed by atoms with Crippen molar-refractivity contribution in [3.63, 3.8) is 0 Å². The zero-order valence-corrected chi connectivity index (χ0v) is 14.5. The molecule has 0 spiro atoms. The molecule has 0 radical (unpaired) electrons. The van der Waals surface area contributed by atoms with Crippen molar-refractivity contribution in [3.8, 4) is 0 Å². The monoisotopic (exact) mass is 332 g/mol. The number of carbonyl (C=O) groups is 2. The summed E-state index contributed by atoms with van der Waals surface area (Å²) in [6, 6.07) is 0.0799. The fourth-order valence-corrected chi connectivity index (χ4v) is 3.33. The van der Waals surface area contributed by atoms with Gasteiger partial charge in [0, 0.05) is 59.0 Å². The molecule has 0 aliphatic carbocycles. The molecule has 24 heavy (non-hydrogen) atoms. The van der Waals surface area contributed by atoms with Gasteiger partial charge in [0.15, 0.2) is 0 Å². The highest BCUT2D eigenvalue weighted by atomic mass is 16.2. The number of hydrogen-bond acceptors (Lipinski definition) is 5. The van der Waals surface area contributed by atoms with Crippen LogP contribution in [0, 0.1) is 0 Å². The molecule has 1 saturated heterocycles. The van der Waals surface area contributed by atoms with Crippen LogP contribution in [0.1, 0.15) is 31.6 Å². The maximum Gasteiger partial charge on any atom is 0.270 e. The minimum absolute atomic E-state index is 0.0479. The van der Waals surface area contributed by atoms with Gasteiger partial charge in [-0.2, -0.15) is 5.10 Å². The van der Waals surface area contributed by atoms with Crippen molar-refractivity contribution in [2.45, 2.75) is 25.8 Å². The molecule has 8 nitrogen and oxygen atoms in total. The summed E-state index contributed by atoms with van der Waals surface area (Å²) in [7, 11) is 3.57. The van der Waals surface area contributed by atoms with Gasteiger partial charge in [-0.15, -0.1) is 0 Å². The summed E-state index contributed by atoms with van der Waals surface area (Å²) in [6.45, 7) is 5.11. The normalized spacial score (nSPS) is 22.7. The smallest absolute Gasteiger partial charge is 0.270 e. The Morgan fingerprint density at radius 1 is 1.29 bits per heavy atom. The second kappa shape index (κ2) is 6.72. The third-order valence-corrected chi connectivity index (χ3v) is 4.80. The molecule has 3 rings (SSSR count). The number of aromatic nitrogens is 2. The topological polar surface area (TPSA) is 74.0 Å². The minimum Gasteiger partial charge on any atom is -0.337 e. The van der Waals surface area contributed by atoms with Crippen LogP contribution in [0.15, 0.2) is 17.5 Å². The highest BCUT2D eigenvalue weighted by Gasteiger charge is 2.34. The first-order valence-electron chi connectivity index (χ1n) is 8.35. The van der Waals surface area contributed by atoms with Crippen LogP contribution in [-0.4, -0.2) is 75.1 Å². The lowest BCUT2D eigenvalue weighted by molar-refractivity contribution is -0.131. The number of carbonyl (C=O) groups excluding carboxylic acids is 2. The third kappa shape index (κ3) is 3.06. The number of nitrogens with zero attached hydrogens (tertiary/aromatic N) is 6. The number of imidazole rings is 1. The molecule has 130 valence electrons. The molecule has 2 aliphatic heterocycles. The molecule has 0 aromatic carbocycles. The largest absolute Gasteiger partial charge is 0.337 e. The molecule has 0 bridgehead atoms. The van der Waals surface area contributed by atoms with E-state index < -0.39 is 0 Å². The summed E-state index contributed by atoms with van der Waals surface area (Å²) in [5, 5.41) is 5.43. The van der Waals surface area contributed by atoms with Crippen LogP contribution in [0.2, 0.25) is 0 Å². The fraction of sp³-hybridized carbons (Fsp3) is 0.625. The van der Waals surface area contributed by atoms with E-state index in [9.17, 15) is 9.59 Å². The first kappa shape index (κ1) is 16.6. The van der Waals surface area contributed by atoms with E-state index in [-0.39, 0.29) is 17.9 Å². The van der Waals surface area contributed by atoms with Crippen molar-refractivity contribution >= 4 is 17.5 Å². The predicted octanol–water partition coefficient (Wildman–Crippen LogP) is 0.234. The summed E-state index contributed by atoms with van der Waals surface area (Å²) in [4.78, 5) is 33.0. The van der Waals surface area contributed by atoms with Crippen LogP contribution in [0.5, 0.6) is 0 Å². The molecule has 8 heteroatoms. The lowest BCUT2D eigenvalue weighted by atomic mass is 10.1. The van der Waals surface area contributed by atoms with E-state index in [1.165, 1.54) is 5.01 Å². The van der Waals surface area contributed by atoms with Gasteiger partial charge in [0.1, 0.15) is 11.5 Å². The standard InChI is InChI=1S/C16H24N6O2/c1-4-21-9-10-22(11-13(21)15-17-7-8-19(15)2)16(24)12-5-6-14(23)20(3)18-12/h7-8,13H,4-6,9-11H2,1-3H3/t13-/m1/s1. The Bertz CT molecular complexity index is 667. The Morgan fingerprint density at radius 3 is 2.71 bits per heavy atom. The maximum atomic E-state index is 12.8. The summed E-state index contributed by atoms with van der Waals surface area (Å²) in [5.41, 5.74) is 0.473. The van der Waals surface area contributed by atoms with Gasteiger partial charge >= 0.3 is 0 Å². The van der Waals surface area contributed by atoms with Crippen molar-refractivity contribution in [1.29, 1.82) is 0 Å². The van der Waals surface area contributed by atoms with Crippen molar-refractivity contribution in [2.24, 2.45) is 12.1 Å². The first-order valence-corrected chi connectivity index (χ1v) is 8.35. The lowest BCUT2D eigenvalue weighted by Gasteiger charge is -2.40. The summed E-state index contributed by atoms with van der Waals surface area (Å²) in [5.74, 6) is 0.852. The zero-order chi connectivity index (χ0) is 17.3. The van der Waals surface area contributed by atoms with E-state index in [2.05, 4.69) is 21.9 Å². The average Bonchev–Trinajstić information content (AvgIpc) is 3.02. The van der Waals surface area contributed by atoms with E-state index in [0.717, 1.165) is 18.9 Å². The average molecular weight is 332 g/mol. The van der Waals surface area contributed by atoms with Crippen LogP contribution >= 0.6 is 0 Å². The van der Waals surface area contributed by atoms with Crippen LogP contribution < -0.4 is 0 Å². The number of hydrazone groups is 1. The first-order chi connectivity index (χ1) is 11.5. The number of piperazine rings is 1. The minimum atomic E-state index is -0.0655. The second-order valence-corrected chi connectivity index (χ2v) is 6.26. The predicted molar refractivity (Wildman–Crippen MR) is 89.2 cm³/mol. The molecule has 1 fully saturated rings. The van der Waals surface area contributed by atoms with Crippen LogP contribution in [0.3, 0.4) is 0 Å². The fourth-order valence-electron chi connectivity index (χ4n) is 3.33. The van der Waals surface area contributed by atoms with Crippen LogP contribution in [0.4, 0.5) is 0 Å². The summed E-state index contributed by atoms with van der Waals surface area (Å²) in [6.07, 6.45) is 4.48. The molecule has 1 aromatic rings. The number of hydrogen-bond donors (Lipinski definition) is 0. The highest BCUT2D eigenvalue weighted by molar-refractivity contribution is 6.39. The van der Waals surface area contributed by atoms with Gasteiger partial charge in [0.05, 0.1) is 6.04 Å². The molecular formula is C16H24N6O2. The molecule has 2 amide bonds. The van der Waals surface area contributed by atoms with E-state index >= 15 is 0 Å². The zero-order valence-electron chi connectivity index (χ0n) is 14.5. The van der Waals surface area contributed by atoms with Gasteiger partial charge in [-0.25, -0.2) is 9.99 Å². The molecule has 1 atom stereocenters. The number of amides is 2. The SMILES string of the molecule is CCN1CCN(C(=O)C2=NN(C)C(=O)CC2)C[C@@H]1c1nccn1C. The summed E-state index contributed by atoms with van der Waals surface area (Å²) < 4.78 is 2.01. The Kier molecular flexibility index (Phi) is 4.66. The van der Waals surface area contributed by atoms with Crippen LogP contribution in [0.25, 0.3) is 0 Å². The van der Waals surface area contributed by atoms with Gasteiger partial charge in [0.2, 0.25) is 5.91 Å². The van der Waals surface area contributed by atoms with Gasteiger partial charge in [-0.3, -0.25) is 14.5 Å². The molecule has 3 heterocycles. The van der Waals surface area contributed by atoms with Gasteiger partial charge in [-0.05, 0) is 6.54 Å². The van der Waals surface area contributed by atoms with Gasteiger partial charge in [-0.1, -0.05) is 6.92 Å². The Hall–Kier alpha value is -2.22. The third-order valence-electron chi connectivity index (χ3n) is 4.80. The molecule has 1 aromatic heterocycles. The quantitative estimate of drug-likeness (QED) is 0.794. The molecular weight excluding hydrogens is 308 g/mol. The van der Waals surface area contributed by atoms with Crippen molar-refractivity contribution in [1.82, 2.24) is 24.4 Å². The molecule has 0 unspecified atom stereocenters. The molecule has 2 aliphatic rings. The van der Waals surface area contributed by atoms with E-state index in [4.69, 9.17) is 0 Å². The molecule has 0 N–H and O–H groups in total. The lowest BCUT2D eigenvalue weighted by Crippen LogP contribution is -2.53. The number of likely N-dealkylation sites (N-methyl/N-ethyl adjacent to an activating group) is 1. The van der Waals surface area contributed by atoms with Crippen molar-refractivity contribution in [2.75, 3.05) is 33.2 Å². The van der Waals surface area contributed by atoms with Crippen LogP contribution in [-0.2, 0) is 16.6 Å². The summed E-state index contributed by atoms with van der Waals surface area (Å²) >= 11 is 0. The van der Waals surface area contributed by atoms with Crippen molar-refractivity contribution in [3.05, 3.63) is 18.2 Å². The van der Waals surface area contributed by atoms with Gasteiger partial charge < -0.3 is 9.47 Å². The Labute approximate surface area is 141 Å². The Balaban J connectivity index is 1.78. The number of aryl methyl sites for hydroxylation is 1. The van der Waals surface area contributed by atoms with Gasteiger partial charge in [0.25, 0.3) is 5.91 Å². The van der Waals surface area contributed by atoms with E-state index in [1.807, 2.05) is 22.7 Å².